The van der Waals surface area contributed by atoms with Crippen LogP contribution in [0.15, 0.2) is 42.5 Å². The molecule has 118 valence electrons. The fourth-order valence-electron chi connectivity index (χ4n) is 2.94. The third-order valence-electron chi connectivity index (χ3n) is 4.05. The highest BCUT2D eigenvalue weighted by Gasteiger charge is 2.22. The van der Waals surface area contributed by atoms with E-state index in [4.69, 9.17) is 9.47 Å². The average molecular weight is 312 g/mol. The van der Waals surface area contributed by atoms with Crippen molar-refractivity contribution in [1.82, 2.24) is 0 Å². The van der Waals surface area contributed by atoms with E-state index >= 15 is 0 Å². The van der Waals surface area contributed by atoms with Gasteiger partial charge in [-0.1, -0.05) is 18.2 Å². The number of halogens is 1. The van der Waals surface area contributed by atoms with Crippen LogP contribution in [0.5, 0.6) is 5.75 Å². The monoisotopic (exact) mass is 312 g/mol. The standard InChI is InChI=1S/C19H17FO3/c1-22-17-8-4-7-16(20)18(17)14-6-3-5-12-9-10-13(11-15(12)14)19(21)23-2/h4,6-11H,3,5H2,1-2H3. The zero-order chi connectivity index (χ0) is 16.4. The van der Waals surface area contributed by atoms with Gasteiger partial charge in [-0.25, -0.2) is 9.18 Å². The summed E-state index contributed by atoms with van der Waals surface area (Å²) >= 11 is 0. The second kappa shape index (κ2) is 6.24. The molecule has 23 heavy (non-hydrogen) atoms. The van der Waals surface area contributed by atoms with Crippen LogP contribution in [-0.4, -0.2) is 20.2 Å². The smallest absolute Gasteiger partial charge is 0.337 e. The van der Waals surface area contributed by atoms with Crippen molar-refractivity contribution in [3.63, 3.8) is 0 Å². The van der Waals surface area contributed by atoms with Gasteiger partial charge in [0.25, 0.3) is 0 Å². The predicted molar refractivity (Wildman–Crippen MR) is 86.1 cm³/mol. The molecular formula is C19H17FO3. The Bertz CT molecular complexity index is 793. The van der Waals surface area contributed by atoms with E-state index < -0.39 is 5.97 Å². The van der Waals surface area contributed by atoms with Gasteiger partial charge in [-0.3, -0.25) is 0 Å². The highest BCUT2D eigenvalue weighted by Crippen LogP contribution is 2.38. The van der Waals surface area contributed by atoms with Crippen LogP contribution >= 0.6 is 0 Å². The molecule has 1 aliphatic rings. The first-order valence-electron chi connectivity index (χ1n) is 7.40. The Hall–Kier alpha value is -2.62. The van der Waals surface area contributed by atoms with E-state index in [1.807, 2.05) is 12.1 Å². The first kappa shape index (κ1) is 15.3. The Kier molecular flexibility index (Phi) is 4.15. The van der Waals surface area contributed by atoms with Gasteiger partial charge in [-0.2, -0.15) is 0 Å². The van der Waals surface area contributed by atoms with Gasteiger partial charge >= 0.3 is 5.97 Å². The predicted octanol–water partition coefficient (Wildman–Crippen LogP) is 4.00. The first-order chi connectivity index (χ1) is 11.2. The van der Waals surface area contributed by atoms with Crippen molar-refractivity contribution in [3.8, 4) is 5.75 Å². The Labute approximate surface area is 134 Å². The molecule has 0 atom stereocenters. The van der Waals surface area contributed by atoms with Crippen molar-refractivity contribution in [2.75, 3.05) is 14.2 Å². The number of esters is 1. The fourth-order valence-corrected chi connectivity index (χ4v) is 2.94. The Morgan fingerprint density at radius 3 is 2.74 bits per heavy atom. The Morgan fingerprint density at radius 1 is 1.17 bits per heavy atom. The number of aryl methyl sites for hydroxylation is 1. The van der Waals surface area contributed by atoms with E-state index in [1.165, 1.54) is 20.3 Å². The van der Waals surface area contributed by atoms with Crippen LogP contribution in [0.25, 0.3) is 5.57 Å². The number of allylic oxidation sites excluding steroid dienone is 1. The second-order valence-electron chi connectivity index (χ2n) is 5.34. The van der Waals surface area contributed by atoms with Crippen LogP contribution in [0.3, 0.4) is 0 Å². The van der Waals surface area contributed by atoms with E-state index in [2.05, 4.69) is 0 Å². The van der Waals surface area contributed by atoms with Gasteiger partial charge < -0.3 is 9.47 Å². The summed E-state index contributed by atoms with van der Waals surface area (Å²) in [5.74, 6) is -0.266. The third-order valence-corrected chi connectivity index (χ3v) is 4.05. The molecule has 0 N–H and O–H groups in total. The molecule has 0 saturated carbocycles. The van der Waals surface area contributed by atoms with Gasteiger partial charge in [0.05, 0.1) is 25.3 Å². The number of benzene rings is 2. The molecule has 0 saturated heterocycles. The van der Waals surface area contributed by atoms with Gasteiger partial charge in [-0.05, 0) is 53.8 Å². The van der Waals surface area contributed by atoms with Crippen molar-refractivity contribution in [3.05, 3.63) is 70.5 Å². The Morgan fingerprint density at radius 2 is 2.00 bits per heavy atom. The molecule has 2 aromatic rings. The molecule has 0 fully saturated rings. The quantitative estimate of drug-likeness (QED) is 0.804. The number of rotatable bonds is 3. The molecule has 3 nitrogen and oxygen atoms in total. The molecule has 0 unspecified atom stereocenters. The van der Waals surface area contributed by atoms with Gasteiger partial charge in [0, 0.05) is 0 Å². The first-order valence-corrected chi connectivity index (χ1v) is 7.40. The van der Waals surface area contributed by atoms with Crippen LogP contribution in [-0.2, 0) is 11.2 Å². The summed E-state index contributed by atoms with van der Waals surface area (Å²) in [6.07, 6.45) is 3.67. The zero-order valence-corrected chi connectivity index (χ0v) is 13.1. The van der Waals surface area contributed by atoms with E-state index in [0.29, 0.717) is 16.9 Å². The van der Waals surface area contributed by atoms with Crippen molar-refractivity contribution >= 4 is 11.5 Å². The van der Waals surface area contributed by atoms with Crippen LogP contribution in [0.2, 0.25) is 0 Å². The topological polar surface area (TPSA) is 35.5 Å². The van der Waals surface area contributed by atoms with Crippen LogP contribution in [0.4, 0.5) is 4.39 Å². The maximum Gasteiger partial charge on any atom is 0.337 e. The molecule has 0 bridgehead atoms. The molecule has 0 radical (unpaired) electrons. The lowest BCUT2D eigenvalue weighted by Gasteiger charge is -2.21. The molecule has 0 heterocycles. The maximum absolute atomic E-state index is 14.4. The number of methoxy groups -OCH3 is 2. The number of hydrogen-bond acceptors (Lipinski definition) is 3. The molecular weight excluding hydrogens is 295 g/mol. The second-order valence-corrected chi connectivity index (χ2v) is 5.34. The molecule has 0 spiro atoms. The Balaban J connectivity index is 2.18. The minimum Gasteiger partial charge on any atom is -0.496 e. The molecule has 1 aliphatic carbocycles. The summed E-state index contributed by atoms with van der Waals surface area (Å²) in [6, 6.07) is 10.2. The van der Waals surface area contributed by atoms with Crippen LogP contribution < -0.4 is 4.74 Å². The molecule has 2 aromatic carbocycles. The van der Waals surface area contributed by atoms with Crippen molar-refractivity contribution in [2.24, 2.45) is 0 Å². The van der Waals surface area contributed by atoms with Crippen LogP contribution in [0.1, 0.15) is 33.5 Å². The lowest BCUT2D eigenvalue weighted by atomic mass is 9.85. The number of hydrogen-bond donors (Lipinski definition) is 0. The van der Waals surface area contributed by atoms with E-state index in [0.717, 1.165) is 29.5 Å². The normalized spacial score (nSPS) is 13.1. The molecule has 3 rings (SSSR count). The van der Waals surface area contributed by atoms with Gasteiger partial charge in [0.15, 0.2) is 0 Å². The summed E-state index contributed by atoms with van der Waals surface area (Å²) in [6.45, 7) is 0. The van der Waals surface area contributed by atoms with Gasteiger partial charge in [0.2, 0.25) is 0 Å². The SMILES string of the molecule is COC(=O)c1ccc2c(c1)C(c1c(F)cccc1OC)=CCC2. The minimum atomic E-state index is -0.404. The largest absolute Gasteiger partial charge is 0.496 e. The maximum atomic E-state index is 14.4. The van der Waals surface area contributed by atoms with E-state index in [-0.39, 0.29) is 5.82 Å². The lowest BCUT2D eigenvalue weighted by Crippen LogP contribution is -2.08. The number of carbonyl (C=O) groups is 1. The van der Waals surface area contributed by atoms with E-state index in [1.54, 1.807) is 24.3 Å². The minimum absolute atomic E-state index is 0.341. The number of fused-ring (bicyclic) bond motifs is 1. The van der Waals surface area contributed by atoms with Gasteiger partial charge in [0.1, 0.15) is 11.6 Å². The molecule has 0 aromatic heterocycles. The summed E-state index contributed by atoms with van der Waals surface area (Å²) < 4.78 is 24.5. The van der Waals surface area contributed by atoms with E-state index in [9.17, 15) is 9.18 Å². The molecule has 0 amide bonds. The number of carbonyl (C=O) groups excluding carboxylic acids is 1. The van der Waals surface area contributed by atoms with Crippen molar-refractivity contribution < 1.29 is 18.7 Å². The van der Waals surface area contributed by atoms with Crippen molar-refractivity contribution in [1.29, 1.82) is 0 Å². The summed E-state index contributed by atoms with van der Waals surface area (Å²) in [5, 5.41) is 0. The zero-order valence-electron chi connectivity index (χ0n) is 13.1. The fraction of sp³-hybridized carbons (Fsp3) is 0.211. The van der Waals surface area contributed by atoms with Crippen LogP contribution in [0, 0.1) is 5.82 Å². The van der Waals surface area contributed by atoms with Gasteiger partial charge in [-0.15, -0.1) is 0 Å². The average Bonchev–Trinajstić information content (AvgIpc) is 2.60. The summed E-state index contributed by atoms with van der Waals surface area (Å²) in [4.78, 5) is 11.8. The highest BCUT2D eigenvalue weighted by atomic mass is 19.1. The lowest BCUT2D eigenvalue weighted by molar-refractivity contribution is 0.0600. The third kappa shape index (κ3) is 2.72. The summed E-state index contributed by atoms with van der Waals surface area (Å²) in [7, 11) is 2.87. The number of ether oxygens (including phenoxy) is 2. The molecule has 0 aliphatic heterocycles. The molecule has 4 heteroatoms. The highest BCUT2D eigenvalue weighted by molar-refractivity contribution is 5.93. The van der Waals surface area contributed by atoms with Crippen molar-refractivity contribution in [2.45, 2.75) is 12.8 Å². The summed E-state index contributed by atoms with van der Waals surface area (Å²) in [5.41, 5.74) is 3.57.